The number of aliphatic hydroxyl groups excluding tert-OH is 10. The van der Waals surface area contributed by atoms with Crippen LogP contribution in [0.5, 0.6) is 0 Å². The SMILES string of the molecule is CC1=C/C=C/C=C(/C=C/C=C(\C)C(=O)O[C@@H]2OC(CO)[C@@H](O)[C@H](O)C2O)OCC2O[C@@H](OCC3O[C@@H](OC(=O)/C(C)=C/C=C1)C(O)[C@@H](O)[C@@H]3O)C(O)[C@@H](O)[C@@H]2O. The van der Waals surface area contributed by atoms with E-state index in [4.69, 9.17) is 33.2 Å². The number of carbonyl (C=O) groups excluding carboxylic acids is 2. The first kappa shape index (κ1) is 45.1. The highest BCUT2D eigenvalue weighted by molar-refractivity contribution is 5.88. The summed E-state index contributed by atoms with van der Waals surface area (Å²) in [6.45, 7) is 2.85. The summed E-state index contributed by atoms with van der Waals surface area (Å²) in [4.78, 5) is 25.5. The molecule has 0 aromatic carbocycles. The van der Waals surface area contributed by atoms with Gasteiger partial charge in [0, 0.05) is 11.1 Å². The van der Waals surface area contributed by atoms with Gasteiger partial charge >= 0.3 is 11.9 Å². The van der Waals surface area contributed by atoms with E-state index in [-0.39, 0.29) is 16.9 Å². The van der Waals surface area contributed by atoms with Crippen molar-refractivity contribution in [2.75, 3.05) is 19.8 Å². The van der Waals surface area contributed by atoms with E-state index in [0.717, 1.165) is 5.57 Å². The van der Waals surface area contributed by atoms with Crippen LogP contribution in [0.15, 0.2) is 83.2 Å². The topological polar surface area (TPSA) is 301 Å². The van der Waals surface area contributed by atoms with Crippen molar-refractivity contribution in [1.29, 1.82) is 0 Å². The first-order chi connectivity index (χ1) is 26.5. The third-order valence-electron chi connectivity index (χ3n) is 9.16. The minimum Gasteiger partial charge on any atom is -0.491 e. The number of rotatable bonds is 5. The molecule has 0 aromatic heterocycles. The Morgan fingerprint density at radius 1 is 0.750 bits per heavy atom. The monoisotopic (exact) mass is 798 g/mol. The number of aliphatic hydroxyl groups is 10. The molecule has 3 saturated heterocycles. The lowest BCUT2D eigenvalue weighted by Crippen LogP contribution is -2.62. The van der Waals surface area contributed by atoms with Gasteiger partial charge in [-0.2, -0.15) is 0 Å². The zero-order valence-electron chi connectivity index (χ0n) is 30.7. The standard InChI is InChI=1S/C37H50O19/c1-17-8-4-5-12-20(13-7-11-19(3)34(49)55-36-31(46)27(42)24(39)21(14-38)52-36)50-15-22-25(40)28(43)30(45)35(53-22)51-16-23-26(41)29(44)32(47)37(54-23)56-33(48)18(2)10-6-9-17/h4-13,21-32,35-47H,14-16H2,1-3H3/b5-4+,9-6?,13-7+,17-8?,18-10+,19-11+,20-12-/t21?,22?,23?,24-,25-,26-,27+,28+,29+,30?,31?,32?,35-,36+,37+/m1/s1. The average molecular weight is 799 g/mol. The lowest BCUT2D eigenvalue weighted by Gasteiger charge is -2.42. The van der Waals surface area contributed by atoms with Crippen LogP contribution in [0.3, 0.4) is 0 Å². The Bertz CT molecular complexity index is 1560. The summed E-state index contributed by atoms with van der Waals surface area (Å²) in [5, 5.41) is 103. The largest absolute Gasteiger partial charge is 0.491 e. The predicted molar refractivity (Wildman–Crippen MR) is 188 cm³/mol. The summed E-state index contributed by atoms with van der Waals surface area (Å²) in [6, 6.07) is 0. The molecule has 0 radical (unpaired) electrons. The fourth-order valence-corrected chi connectivity index (χ4v) is 5.61. The molecule has 19 heteroatoms. The molecule has 4 heterocycles. The number of hydrogen-bond donors (Lipinski definition) is 10. The van der Waals surface area contributed by atoms with Crippen LogP contribution in [-0.2, 0) is 42.7 Å². The maximum atomic E-state index is 12.7. The summed E-state index contributed by atoms with van der Waals surface area (Å²) >= 11 is 0. The van der Waals surface area contributed by atoms with Gasteiger partial charge in [-0.15, -0.1) is 0 Å². The normalized spacial score (nSPS) is 42.0. The first-order valence-corrected chi connectivity index (χ1v) is 17.6. The van der Waals surface area contributed by atoms with Crippen LogP contribution in [0, 0.1) is 0 Å². The Kier molecular flexibility index (Phi) is 16.6. The van der Waals surface area contributed by atoms with Crippen LogP contribution in [0.1, 0.15) is 20.8 Å². The van der Waals surface area contributed by atoms with Gasteiger partial charge in [-0.1, -0.05) is 54.2 Å². The van der Waals surface area contributed by atoms with E-state index < -0.39 is 124 Å². The minimum atomic E-state index is -1.83. The highest BCUT2D eigenvalue weighted by Crippen LogP contribution is 2.27. The smallest absolute Gasteiger partial charge is 0.336 e. The second-order valence-corrected chi connectivity index (χ2v) is 13.5. The highest BCUT2D eigenvalue weighted by atomic mass is 16.7. The third-order valence-corrected chi connectivity index (χ3v) is 9.16. The Labute approximate surface area is 321 Å². The molecule has 4 bridgehead atoms. The number of carbonyl (C=O) groups is 2. The van der Waals surface area contributed by atoms with Gasteiger partial charge in [-0.05, 0) is 32.9 Å². The molecule has 15 atom stereocenters. The molecule has 4 rings (SSSR count). The van der Waals surface area contributed by atoms with E-state index in [0.29, 0.717) is 0 Å². The minimum absolute atomic E-state index is 0.000734. The number of ether oxygens (including phenoxy) is 7. The van der Waals surface area contributed by atoms with Crippen molar-refractivity contribution < 1.29 is 93.8 Å². The number of fused-ring (bicyclic) bond motifs is 4. The third kappa shape index (κ3) is 11.5. The molecule has 56 heavy (non-hydrogen) atoms. The molecule has 312 valence electrons. The maximum absolute atomic E-state index is 12.7. The predicted octanol–water partition coefficient (Wildman–Crippen LogP) is -3.07. The zero-order chi connectivity index (χ0) is 41.3. The molecule has 4 aliphatic rings. The van der Waals surface area contributed by atoms with Gasteiger partial charge in [-0.25, -0.2) is 9.59 Å². The van der Waals surface area contributed by atoms with E-state index in [1.165, 1.54) is 44.2 Å². The molecule has 0 spiro atoms. The van der Waals surface area contributed by atoms with Crippen LogP contribution in [0.4, 0.5) is 0 Å². The van der Waals surface area contributed by atoms with Crippen LogP contribution >= 0.6 is 0 Å². The van der Waals surface area contributed by atoms with Crippen molar-refractivity contribution in [3.63, 3.8) is 0 Å². The molecule has 0 amide bonds. The molecular weight excluding hydrogens is 748 g/mol. The van der Waals surface area contributed by atoms with Crippen LogP contribution in [0.2, 0.25) is 0 Å². The highest BCUT2D eigenvalue weighted by Gasteiger charge is 2.49. The fraction of sp³-hybridized carbons (Fsp3) is 0.568. The van der Waals surface area contributed by atoms with E-state index >= 15 is 0 Å². The maximum Gasteiger partial charge on any atom is 0.336 e. The summed E-state index contributed by atoms with van der Waals surface area (Å²) in [7, 11) is 0. The summed E-state index contributed by atoms with van der Waals surface area (Å²) in [6.07, 6.45) is -9.62. The van der Waals surface area contributed by atoms with Gasteiger partial charge in [0.05, 0.1) is 13.2 Å². The second kappa shape index (κ2) is 20.7. The van der Waals surface area contributed by atoms with Crippen molar-refractivity contribution in [3.05, 3.63) is 83.2 Å². The lowest BCUT2D eigenvalue weighted by molar-refractivity contribution is -0.327. The quantitative estimate of drug-likeness (QED) is 0.0750. The average Bonchev–Trinajstić information content (AvgIpc) is 3.17. The van der Waals surface area contributed by atoms with Crippen LogP contribution < -0.4 is 0 Å². The van der Waals surface area contributed by atoms with E-state index in [1.807, 2.05) is 0 Å². The van der Waals surface area contributed by atoms with Gasteiger partial charge in [0.2, 0.25) is 12.6 Å². The molecule has 19 nitrogen and oxygen atoms in total. The van der Waals surface area contributed by atoms with Gasteiger partial charge in [-0.3, -0.25) is 0 Å². The molecule has 0 aromatic rings. The zero-order valence-corrected chi connectivity index (χ0v) is 30.7. The number of esters is 2. The second-order valence-electron chi connectivity index (χ2n) is 13.5. The Morgan fingerprint density at radius 3 is 2.04 bits per heavy atom. The summed E-state index contributed by atoms with van der Waals surface area (Å²) in [5.41, 5.74) is 0.849. The van der Waals surface area contributed by atoms with Crippen LogP contribution in [-0.4, -0.2) is 175 Å². The molecular formula is C37H50O19. The van der Waals surface area contributed by atoms with Crippen molar-refractivity contribution >= 4 is 11.9 Å². The first-order valence-electron chi connectivity index (χ1n) is 17.6. The molecule has 0 aliphatic carbocycles. The summed E-state index contributed by atoms with van der Waals surface area (Å²) in [5.74, 6) is -1.71. The van der Waals surface area contributed by atoms with Crippen molar-refractivity contribution in [2.24, 2.45) is 0 Å². The summed E-state index contributed by atoms with van der Waals surface area (Å²) < 4.78 is 38.3. The van der Waals surface area contributed by atoms with Crippen LogP contribution in [0.25, 0.3) is 0 Å². The van der Waals surface area contributed by atoms with E-state index in [1.54, 1.807) is 37.3 Å². The lowest BCUT2D eigenvalue weighted by atomic mass is 9.98. The van der Waals surface area contributed by atoms with Gasteiger partial charge in [0.1, 0.15) is 85.6 Å². The van der Waals surface area contributed by atoms with E-state index in [9.17, 15) is 60.7 Å². The number of allylic oxidation sites excluding steroid dienone is 11. The van der Waals surface area contributed by atoms with Crippen molar-refractivity contribution in [1.82, 2.24) is 0 Å². The van der Waals surface area contributed by atoms with Gasteiger partial charge in [0.15, 0.2) is 6.29 Å². The van der Waals surface area contributed by atoms with Gasteiger partial charge in [0.25, 0.3) is 0 Å². The van der Waals surface area contributed by atoms with Gasteiger partial charge < -0.3 is 84.2 Å². The van der Waals surface area contributed by atoms with Crippen molar-refractivity contribution in [2.45, 2.75) is 113 Å². The fourth-order valence-electron chi connectivity index (χ4n) is 5.61. The Morgan fingerprint density at radius 2 is 1.36 bits per heavy atom. The Balaban J connectivity index is 1.56. The molecule has 6 unspecified atom stereocenters. The van der Waals surface area contributed by atoms with E-state index in [2.05, 4.69) is 0 Å². The number of hydrogen-bond acceptors (Lipinski definition) is 19. The molecule has 3 fully saturated rings. The molecule has 4 aliphatic heterocycles. The molecule has 10 N–H and O–H groups in total. The molecule has 0 saturated carbocycles. The Hall–Kier alpha value is -3.64. The van der Waals surface area contributed by atoms with Crippen molar-refractivity contribution in [3.8, 4) is 0 Å².